The predicted octanol–water partition coefficient (Wildman–Crippen LogP) is 1.79. The number of hydrogen-bond donors (Lipinski definition) is 0. The molecule has 0 saturated heterocycles. The monoisotopic (exact) mass is 168 g/mol. The van der Waals surface area contributed by atoms with Crippen LogP contribution in [0.15, 0.2) is 4.52 Å². The van der Waals surface area contributed by atoms with Crippen LogP contribution in [0.2, 0.25) is 0 Å². The molecule has 12 heavy (non-hydrogen) atoms. The summed E-state index contributed by atoms with van der Waals surface area (Å²) in [6, 6.07) is 0. The molecule has 0 fully saturated rings. The van der Waals surface area contributed by atoms with E-state index in [4.69, 9.17) is 4.52 Å². The molecule has 1 aromatic heterocycles. The number of ketones is 1. The summed E-state index contributed by atoms with van der Waals surface area (Å²) in [4.78, 5) is 14.7. The predicted molar refractivity (Wildman–Crippen MR) is 43.0 cm³/mol. The fourth-order valence-corrected chi connectivity index (χ4v) is 0.761. The van der Waals surface area contributed by atoms with Crippen LogP contribution in [-0.2, 0) is 0 Å². The van der Waals surface area contributed by atoms with Crippen LogP contribution in [-0.4, -0.2) is 15.9 Å². The van der Waals surface area contributed by atoms with Gasteiger partial charge in [0.15, 0.2) is 5.82 Å². The van der Waals surface area contributed by atoms with E-state index in [-0.39, 0.29) is 17.6 Å². The molecule has 0 N–H and O–H groups in total. The molecule has 0 aliphatic carbocycles. The summed E-state index contributed by atoms with van der Waals surface area (Å²) in [5.41, 5.74) is 0. The van der Waals surface area contributed by atoms with Crippen LogP contribution in [0.5, 0.6) is 0 Å². The lowest BCUT2D eigenvalue weighted by Gasteiger charge is -1.98. The SMILES string of the molecule is CCC(C)c1noc(C(C)=O)n1. The van der Waals surface area contributed by atoms with E-state index in [1.807, 2.05) is 13.8 Å². The number of carbonyl (C=O) groups is 1. The average Bonchev–Trinajstić information content (AvgIpc) is 2.51. The van der Waals surface area contributed by atoms with Gasteiger partial charge in [-0.25, -0.2) is 0 Å². The van der Waals surface area contributed by atoms with E-state index in [1.165, 1.54) is 6.92 Å². The van der Waals surface area contributed by atoms with Crippen molar-refractivity contribution in [1.82, 2.24) is 10.1 Å². The maximum Gasteiger partial charge on any atom is 0.293 e. The first-order valence-electron chi connectivity index (χ1n) is 3.99. The maximum atomic E-state index is 10.8. The molecule has 1 atom stereocenters. The van der Waals surface area contributed by atoms with Gasteiger partial charge in [-0.15, -0.1) is 0 Å². The number of carbonyl (C=O) groups excluding carboxylic acids is 1. The molecule has 0 aromatic carbocycles. The molecule has 0 aliphatic rings. The van der Waals surface area contributed by atoms with Gasteiger partial charge in [0.2, 0.25) is 5.78 Å². The fourth-order valence-electron chi connectivity index (χ4n) is 0.761. The molecule has 0 saturated carbocycles. The van der Waals surface area contributed by atoms with Crippen molar-refractivity contribution in [3.8, 4) is 0 Å². The summed E-state index contributed by atoms with van der Waals surface area (Å²) in [5, 5.41) is 3.70. The number of hydrogen-bond acceptors (Lipinski definition) is 4. The van der Waals surface area contributed by atoms with Gasteiger partial charge in [0.1, 0.15) is 0 Å². The Hall–Kier alpha value is -1.19. The highest BCUT2D eigenvalue weighted by Crippen LogP contribution is 2.14. The lowest BCUT2D eigenvalue weighted by atomic mass is 10.1. The van der Waals surface area contributed by atoms with Gasteiger partial charge in [0.05, 0.1) is 0 Å². The minimum absolute atomic E-state index is 0.102. The Morgan fingerprint density at radius 2 is 2.33 bits per heavy atom. The summed E-state index contributed by atoms with van der Waals surface area (Å²) >= 11 is 0. The zero-order valence-corrected chi connectivity index (χ0v) is 7.50. The number of aromatic nitrogens is 2. The fraction of sp³-hybridized carbons (Fsp3) is 0.625. The molecule has 4 heteroatoms. The Balaban J connectivity index is 2.84. The second-order valence-corrected chi connectivity index (χ2v) is 2.82. The minimum Gasteiger partial charge on any atom is -0.331 e. The highest BCUT2D eigenvalue weighted by Gasteiger charge is 2.13. The van der Waals surface area contributed by atoms with Crippen LogP contribution in [0, 0.1) is 0 Å². The van der Waals surface area contributed by atoms with Crippen molar-refractivity contribution in [1.29, 1.82) is 0 Å². The standard InChI is InChI=1S/C8H12N2O2/c1-4-5(2)7-9-8(6(3)11)12-10-7/h5H,4H2,1-3H3. The van der Waals surface area contributed by atoms with Crippen LogP contribution < -0.4 is 0 Å². The summed E-state index contributed by atoms with van der Waals surface area (Å²) in [6.45, 7) is 5.44. The third-order valence-corrected chi connectivity index (χ3v) is 1.80. The molecule has 66 valence electrons. The van der Waals surface area contributed by atoms with Crippen LogP contribution in [0.4, 0.5) is 0 Å². The quantitative estimate of drug-likeness (QED) is 0.645. The second kappa shape index (κ2) is 3.47. The normalized spacial score (nSPS) is 12.9. The topological polar surface area (TPSA) is 56.0 Å². The van der Waals surface area contributed by atoms with Gasteiger partial charge in [-0.1, -0.05) is 19.0 Å². The van der Waals surface area contributed by atoms with Gasteiger partial charge in [0.25, 0.3) is 5.89 Å². The van der Waals surface area contributed by atoms with Crippen molar-refractivity contribution in [2.45, 2.75) is 33.1 Å². The Kier molecular flexibility index (Phi) is 2.58. The molecular weight excluding hydrogens is 156 g/mol. The highest BCUT2D eigenvalue weighted by molar-refractivity contribution is 5.89. The molecule has 1 rings (SSSR count). The van der Waals surface area contributed by atoms with Gasteiger partial charge < -0.3 is 4.52 Å². The minimum atomic E-state index is -0.183. The van der Waals surface area contributed by atoms with Crippen molar-refractivity contribution in [2.75, 3.05) is 0 Å². The largest absolute Gasteiger partial charge is 0.331 e. The van der Waals surface area contributed by atoms with Gasteiger partial charge in [-0.05, 0) is 6.42 Å². The summed E-state index contributed by atoms with van der Waals surface area (Å²) in [5.74, 6) is 0.784. The Bertz CT molecular complexity index is 280. The van der Waals surface area contributed by atoms with Crippen LogP contribution >= 0.6 is 0 Å². The Morgan fingerprint density at radius 3 is 2.75 bits per heavy atom. The summed E-state index contributed by atoms with van der Waals surface area (Å²) in [6.07, 6.45) is 0.941. The van der Waals surface area contributed by atoms with E-state index in [0.717, 1.165) is 6.42 Å². The molecule has 1 heterocycles. The van der Waals surface area contributed by atoms with Crippen LogP contribution in [0.25, 0.3) is 0 Å². The first-order valence-corrected chi connectivity index (χ1v) is 3.99. The molecule has 0 spiro atoms. The van der Waals surface area contributed by atoms with Crippen molar-refractivity contribution in [3.05, 3.63) is 11.7 Å². The lowest BCUT2D eigenvalue weighted by molar-refractivity contribution is 0.0972. The molecule has 1 unspecified atom stereocenters. The maximum absolute atomic E-state index is 10.8. The number of Topliss-reactive ketones (excluding diaryl/α,β-unsaturated/α-hetero) is 1. The van der Waals surface area contributed by atoms with Crippen molar-refractivity contribution >= 4 is 5.78 Å². The molecule has 0 amide bonds. The highest BCUT2D eigenvalue weighted by atomic mass is 16.5. The number of nitrogens with zero attached hydrogens (tertiary/aromatic N) is 2. The van der Waals surface area contributed by atoms with Crippen molar-refractivity contribution in [2.24, 2.45) is 0 Å². The number of rotatable bonds is 3. The van der Waals surface area contributed by atoms with E-state index in [2.05, 4.69) is 10.1 Å². The van der Waals surface area contributed by atoms with Crippen molar-refractivity contribution in [3.63, 3.8) is 0 Å². The second-order valence-electron chi connectivity index (χ2n) is 2.82. The molecule has 1 aromatic rings. The van der Waals surface area contributed by atoms with Gasteiger partial charge in [0, 0.05) is 12.8 Å². The summed E-state index contributed by atoms with van der Waals surface area (Å²) < 4.78 is 4.74. The molecule has 4 nitrogen and oxygen atoms in total. The Morgan fingerprint density at radius 1 is 1.67 bits per heavy atom. The third kappa shape index (κ3) is 1.69. The van der Waals surface area contributed by atoms with Gasteiger partial charge >= 0.3 is 0 Å². The first kappa shape index (κ1) is 8.90. The Labute approximate surface area is 71.0 Å². The zero-order chi connectivity index (χ0) is 9.14. The van der Waals surface area contributed by atoms with E-state index in [0.29, 0.717) is 5.82 Å². The van der Waals surface area contributed by atoms with E-state index >= 15 is 0 Å². The lowest BCUT2D eigenvalue weighted by Crippen LogP contribution is -1.96. The molecule has 0 bridgehead atoms. The summed E-state index contributed by atoms with van der Waals surface area (Å²) in [7, 11) is 0. The van der Waals surface area contributed by atoms with E-state index in [1.54, 1.807) is 0 Å². The van der Waals surface area contributed by atoms with E-state index < -0.39 is 0 Å². The first-order chi connectivity index (χ1) is 5.65. The van der Waals surface area contributed by atoms with Crippen LogP contribution in [0.1, 0.15) is 49.6 Å². The van der Waals surface area contributed by atoms with Crippen LogP contribution in [0.3, 0.4) is 0 Å². The third-order valence-electron chi connectivity index (χ3n) is 1.80. The van der Waals surface area contributed by atoms with Crippen molar-refractivity contribution < 1.29 is 9.32 Å². The van der Waals surface area contributed by atoms with Gasteiger partial charge in [-0.3, -0.25) is 4.79 Å². The van der Waals surface area contributed by atoms with Gasteiger partial charge in [-0.2, -0.15) is 4.98 Å². The molecule has 0 radical (unpaired) electrons. The zero-order valence-electron chi connectivity index (χ0n) is 7.50. The average molecular weight is 168 g/mol. The van der Waals surface area contributed by atoms with E-state index in [9.17, 15) is 4.79 Å². The molecule has 0 aliphatic heterocycles. The smallest absolute Gasteiger partial charge is 0.293 e. The molecular formula is C8H12N2O2.